The van der Waals surface area contributed by atoms with Gasteiger partial charge < -0.3 is 9.47 Å². The van der Waals surface area contributed by atoms with Gasteiger partial charge >= 0.3 is 5.97 Å². The van der Waals surface area contributed by atoms with Gasteiger partial charge in [0.05, 0.1) is 13.7 Å². The molecule has 0 amide bonds. The lowest BCUT2D eigenvalue weighted by atomic mass is 10.1. The van der Waals surface area contributed by atoms with Crippen LogP contribution < -0.4 is 0 Å². The molecule has 0 aliphatic heterocycles. The summed E-state index contributed by atoms with van der Waals surface area (Å²) in [7, 11) is 1.48. The van der Waals surface area contributed by atoms with Crippen LogP contribution in [-0.2, 0) is 14.3 Å². The van der Waals surface area contributed by atoms with Crippen LogP contribution in [0.4, 0.5) is 0 Å². The number of unbranched alkanes of at least 4 members (excludes halogenated alkanes) is 3. The van der Waals surface area contributed by atoms with Crippen molar-refractivity contribution in [3.63, 3.8) is 0 Å². The van der Waals surface area contributed by atoms with Gasteiger partial charge in [-0.3, -0.25) is 0 Å². The number of carbonyl (C=O) groups is 1. The molecule has 0 aromatic rings. The third-order valence-electron chi connectivity index (χ3n) is 3.48. The molecule has 0 bridgehead atoms. The molecule has 0 saturated carbocycles. The summed E-state index contributed by atoms with van der Waals surface area (Å²) in [5, 5.41) is 0. The summed E-state index contributed by atoms with van der Waals surface area (Å²) in [6, 6.07) is 0. The van der Waals surface area contributed by atoms with Crippen molar-refractivity contribution in [2.75, 3.05) is 13.7 Å². The molecule has 0 rings (SSSR count). The van der Waals surface area contributed by atoms with Gasteiger partial charge in [0.15, 0.2) is 0 Å². The third kappa shape index (κ3) is 11.5. The second kappa shape index (κ2) is 14.6. The van der Waals surface area contributed by atoms with Gasteiger partial charge in [-0.15, -0.1) is 6.58 Å². The second-order valence-corrected chi connectivity index (χ2v) is 5.72. The summed E-state index contributed by atoms with van der Waals surface area (Å²) in [6.45, 7) is 11.7. The Hall–Kier alpha value is -2.03. The fourth-order valence-electron chi connectivity index (χ4n) is 2.11. The Kier molecular flexibility index (Phi) is 13.3. The van der Waals surface area contributed by atoms with E-state index in [0.717, 1.165) is 24.8 Å². The summed E-state index contributed by atoms with van der Waals surface area (Å²) in [5.74, 6) is -0.199. The molecule has 0 radical (unpaired) electrons. The smallest absolute Gasteiger partial charge is 0.373 e. The molecule has 134 valence electrons. The number of allylic oxidation sites excluding steroid dienone is 6. The van der Waals surface area contributed by atoms with Crippen molar-refractivity contribution >= 4 is 5.97 Å². The van der Waals surface area contributed by atoms with Crippen LogP contribution in [0.25, 0.3) is 0 Å². The average Bonchev–Trinajstić information content (AvgIpc) is 2.56. The van der Waals surface area contributed by atoms with Crippen LogP contribution in [0.3, 0.4) is 0 Å². The molecule has 24 heavy (non-hydrogen) atoms. The van der Waals surface area contributed by atoms with Gasteiger partial charge in [0.25, 0.3) is 0 Å². The summed E-state index contributed by atoms with van der Waals surface area (Å²) in [4.78, 5) is 11.8. The standard InChI is InChI=1S/C21H32O3/c1-6-8-16-24-21(22)20(23-5)17-19(4)15-12-10-9-11-14-18(3)13-7-2/h6-7,13,15,17H,1-2,8-12,14,16H2,3-5H3/b18-13+,19-15+,20-17-. The monoisotopic (exact) mass is 332 g/mol. The molecule has 0 aliphatic carbocycles. The fraction of sp³-hybridized carbons (Fsp3) is 0.476. The van der Waals surface area contributed by atoms with E-state index in [4.69, 9.17) is 9.47 Å². The van der Waals surface area contributed by atoms with Crippen LogP contribution in [0, 0.1) is 0 Å². The van der Waals surface area contributed by atoms with Crippen LogP contribution in [0.15, 0.2) is 60.4 Å². The Morgan fingerprint density at radius 2 is 1.83 bits per heavy atom. The van der Waals surface area contributed by atoms with Crippen molar-refractivity contribution in [3.8, 4) is 0 Å². The molecule has 0 unspecified atom stereocenters. The molecule has 0 aromatic carbocycles. The molecule has 0 heterocycles. The lowest BCUT2D eigenvalue weighted by Gasteiger charge is -2.06. The molecule has 3 heteroatoms. The Balaban J connectivity index is 4.20. The minimum absolute atomic E-state index is 0.234. The number of carbonyl (C=O) groups excluding carboxylic acids is 1. The van der Waals surface area contributed by atoms with Gasteiger partial charge in [-0.1, -0.05) is 48.5 Å². The lowest BCUT2D eigenvalue weighted by Crippen LogP contribution is -2.10. The molecule has 0 atom stereocenters. The van der Waals surface area contributed by atoms with Crippen LogP contribution in [0.1, 0.15) is 52.4 Å². The Morgan fingerprint density at radius 1 is 1.08 bits per heavy atom. The summed E-state index contributed by atoms with van der Waals surface area (Å²) < 4.78 is 10.2. The third-order valence-corrected chi connectivity index (χ3v) is 3.48. The first-order chi connectivity index (χ1) is 11.5. The minimum atomic E-state index is -0.434. The predicted octanol–water partition coefficient (Wildman–Crippen LogP) is 5.67. The van der Waals surface area contributed by atoms with E-state index < -0.39 is 5.97 Å². The quantitative estimate of drug-likeness (QED) is 0.109. The zero-order valence-electron chi connectivity index (χ0n) is 15.5. The van der Waals surface area contributed by atoms with Gasteiger partial charge in [-0.05, 0) is 52.0 Å². The van der Waals surface area contributed by atoms with E-state index in [1.165, 1.54) is 25.5 Å². The molecule has 0 fully saturated rings. The minimum Gasteiger partial charge on any atom is -0.490 e. The number of methoxy groups -OCH3 is 1. The van der Waals surface area contributed by atoms with E-state index in [2.05, 4.69) is 32.2 Å². The van der Waals surface area contributed by atoms with Crippen molar-refractivity contribution in [1.29, 1.82) is 0 Å². The fourth-order valence-corrected chi connectivity index (χ4v) is 2.11. The average molecular weight is 332 g/mol. The SMILES string of the molecule is C=C/C=C(\C)CCCCC/C=C(C)/C=C(\OC)C(=O)OCCC=C. The maximum absolute atomic E-state index is 11.8. The first kappa shape index (κ1) is 22.0. The van der Waals surface area contributed by atoms with Gasteiger partial charge in [-0.2, -0.15) is 0 Å². The Morgan fingerprint density at radius 3 is 2.46 bits per heavy atom. The van der Waals surface area contributed by atoms with Gasteiger partial charge in [0, 0.05) is 0 Å². The highest BCUT2D eigenvalue weighted by atomic mass is 16.6. The van der Waals surface area contributed by atoms with Gasteiger partial charge in [0.2, 0.25) is 5.76 Å². The first-order valence-corrected chi connectivity index (χ1v) is 8.53. The zero-order valence-corrected chi connectivity index (χ0v) is 15.5. The van der Waals surface area contributed by atoms with Crippen LogP contribution >= 0.6 is 0 Å². The summed E-state index contributed by atoms with van der Waals surface area (Å²) in [6.07, 6.45) is 15.7. The van der Waals surface area contributed by atoms with Crippen molar-refractivity contribution in [2.45, 2.75) is 52.4 Å². The van der Waals surface area contributed by atoms with Crippen molar-refractivity contribution < 1.29 is 14.3 Å². The number of ether oxygens (including phenoxy) is 2. The maximum Gasteiger partial charge on any atom is 0.373 e. The van der Waals surface area contributed by atoms with Gasteiger partial charge in [0.1, 0.15) is 0 Å². The van der Waals surface area contributed by atoms with E-state index in [-0.39, 0.29) is 5.76 Å². The molecule has 0 saturated heterocycles. The first-order valence-electron chi connectivity index (χ1n) is 8.53. The van der Waals surface area contributed by atoms with Crippen molar-refractivity contribution in [3.05, 3.63) is 60.4 Å². The number of rotatable bonds is 13. The summed E-state index contributed by atoms with van der Waals surface area (Å²) in [5.41, 5.74) is 2.38. The van der Waals surface area contributed by atoms with E-state index >= 15 is 0 Å². The molecular weight excluding hydrogens is 300 g/mol. The lowest BCUT2D eigenvalue weighted by molar-refractivity contribution is -0.142. The molecule has 0 spiro atoms. The largest absolute Gasteiger partial charge is 0.490 e. The Labute approximate surface area is 147 Å². The topological polar surface area (TPSA) is 35.5 Å². The van der Waals surface area contributed by atoms with Crippen molar-refractivity contribution in [2.24, 2.45) is 0 Å². The molecule has 3 nitrogen and oxygen atoms in total. The number of hydrogen-bond acceptors (Lipinski definition) is 3. The summed E-state index contributed by atoms with van der Waals surface area (Å²) >= 11 is 0. The van der Waals surface area contributed by atoms with Crippen LogP contribution in [-0.4, -0.2) is 19.7 Å². The maximum atomic E-state index is 11.8. The van der Waals surface area contributed by atoms with Crippen LogP contribution in [0.5, 0.6) is 0 Å². The van der Waals surface area contributed by atoms with Crippen molar-refractivity contribution in [1.82, 2.24) is 0 Å². The van der Waals surface area contributed by atoms with E-state index in [1.54, 1.807) is 12.2 Å². The van der Waals surface area contributed by atoms with Gasteiger partial charge in [-0.25, -0.2) is 4.79 Å². The normalized spacial score (nSPS) is 12.7. The highest BCUT2D eigenvalue weighted by molar-refractivity contribution is 5.86. The molecule has 0 aliphatic rings. The second-order valence-electron chi connectivity index (χ2n) is 5.72. The highest BCUT2D eigenvalue weighted by Crippen LogP contribution is 2.12. The van der Waals surface area contributed by atoms with E-state index in [9.17, 15) is 4.79 Å². The number of esters is 1. The Bertz CT molecular complexity index is 481. The highest BCUT2D eigenvalue weighted by Gasteiger charge is 2.10. The van der Waals surface area contributed by atoms with E-state index in [1.807, 2.05) is 13.0 Å². The number of hydrogen-bond donors (Lipinski definition) is 0. The van der Waals surface area contributed by atoms with E-state index in [0.29, 0.717) is 13.0 Å². The molecule has 0 N–H and O–H groups in total. The predicted molar refractivity (Wildman–Crippen MR) is 102 cm³/mol. The zero-order chi connectivity index (χ0) is 18.2. The molecular formula is C21H32O3. The molecule has 0 aromatic heterocycles. The van der Waals surface area contributed by atoms with Crippen LogP contribution in [0.2, 0.25) is 0 Å².